The van der Waals surface area contributed by atoms with E-state index in [9.17, 15) is 14.4 Å². The van der Waals surface area contributed by atoms with Crippen LogP contribution in [0.3, 0.4) is 0 Å². The SMILES string of the molecule is O=C(OC1C2CC3C1OC(=O)C3C2C(=O)OCC[NH+]1CCOCC1)C1CC2C=CC1C2. The van der Waals surface area contributed by atoms with E-state index in [1.165, 1.54) is 4.90 Å². The second-order valence-electron chi connectivity index (χ2n) is 10.1. The van der Waals surface area contributed by atoms with E-state index in [-0.39, 0.29) is 41.6 Å². The van der Waals surface area contributed by atoms with Gasteiger partial charge < -0.3 is 23.8 Å². The number of nitrogens with one attached hydrogen (secondary N) is 1. The van der Waals surface area contributed by atoms with E-state index < -0.39 is 24.0 Å². The maximum Gasteiger partial charge on any atom is 0.310 e. The highest BCUT2D eigenvalue weighted by Crippen LogP contribution is 2.59. The molecule has 0 amide bonds. The van der Waals surface area contributed by atoms with Gasteiger partial charge in [-0.3, -0.25) is 14.4 Å². The van der Waals surface area contributed by atoms with Crippen molar-refractivity contribution in [3.8, 4) is 0 Å². The van der Waals surface area contributed by atoms with Crippen molar-refractivity contribution in [2.24, 2.45) is 41.4 Å². The smallest absolute Gasteiger partial charge is 0.310 e. The first-order chi connectivity index (χ1) is 15.1. The first kappa shape index (κ1) is 19.7. The van der Waals surface area contributed by atoms with Crippen molar-refractivity contribution in [3.63, 3.8) is 0 Å². The summed E-state index contributed by atoms with van der Waals surface area (Å²) in [5.41, 5.74) is 0. The van der Waals surface area contributed by atoms with Gasteiger partial charge in [0.05, 0.1) is 31.0 Å². The number of ether oxygens (including phenoxy) is 4. The molecule has 0 aromatic carbocycles. The Kier molecular flexibility index (Phi) is 4.83. The molecule has 3 saturated carbocycles. The number of fused-ring (bicyclic) bond motifs is 3. The number of carbonyl (C=O) groups is 3. The highest BCUT2D eigenvalue weighted by atomic mass is 16.6. The van der Waals surface area contributed by atoms with E-state index in [2.05, 4.69) is 12.2 Å². The van der Waals surface area contributed by atoms with Crippen LogP contribution in [0.1, 0.15) is 19.3 Å². The zero-order chi connectivity index (χ0) is 21.1. The fraction of sp³-hybridized carbons (Fsp3) is 0.783. The Balaban J connectivity index is 1.10. The van der Waals surface area contributed by atoms with Gasteiger partial charge in [0.1, 0.15) is 38.4 Å². The van der Waals surface area contributed by atoms with E-state index in [0.29, 0.717) is 18.9 Å². The Labute approximate surface area is 181 Å². The highest BCUT2D eigenvalue weighted by Gasteiger charge is 2.70. The van der Waals surface area contributed by atoms with E-state index in [0.717, 1.165) is 45.7 Å². The van der Waals surface area contributed by atoms with Gasteiger partial charge >= 0.3 is 17.9 Å². The fourth-order valence-electron chi connectivity index (χ4n) is 7.04. The van der Waals surface area contributed by atoms with E-state index in [4.69, 9.17) is 18.9 Å². The number of rotatable bonds is 6. The Morgan fingerprint density at radius 1 is 1.06 bits per heavy atom. The van der Waals surface area contributed by atoms with Crippen LogP contribution in [0.2, 0.25) is 0 Å². The third-order valence-electron chi connectivity index (χ3n) is 8.55. The topological polar surface area (TPSA) is 92.6 Å². The molecule has 0 aromatic heterocycles. The molecule has 6 rings (SSSR count). The summed E-state index contributed by atoms with van der Waals surface area (Å²) in [6, 6.07) is 0. The zero-order valence-electron chi connectivity index (χ0n) is 17.6. The predicted molar refractivity (Wildman–Crippen MR) is 105 cm³/mol. The molecule has 0 radical (unpaired) electrons. The van der Waals surface area contributed by atoms with Crippen LogP contribution in [0, 0.1) is 41.4 Å². The third-order valence-corrected chi connectivity index (χ3v) is 8.55. The summed E-state index contributed by atoms with van der Waals surface area (Å²) in [7, 11) is 0. The van der Waals surface area contributed by atoms with Crippen molar-refractivity contribution in [1.82, 2.24) is 0 Å². The zero-order valence-corrected chi connectivity index (χ0v) is 17.6. The molecule has 31 heavy (non-hydrogen) atoms. The van der Waals surface area contributed by atoms with Gasteiger partial charge in [-0.15, -0.1) is 0 Å². The van der Waals surface area contributed by atoms with E-state index >= 15 is 0 Å². The molecule has 2 aliphatic heterocycles. The van der Waals surface area contributed by atoms with Gasteiger partial charge in [0.25, 0.3) is 0 Å². The van der Waals surface area contributed by atoms with Crippen molar-refractivity contribution < 1.29 is 38.2 Å². The van der Waals surface area contributed by atoms with Crippen LogP contribution < -0.4 is 4.90 Å². The molecular formula is C23H30NO7+. The number of quaternary nitrogens is 1. The third kappa shape index (κ3) is 3.21. The van der Waals surface area contributed by atoms with Gasteiger partial charge in [0, 0.05) is 11.8 Å². The number of morpholine rings is 1. The lowest BCUT2D eigenvalue weighted by molar-refractivity contribution is -0.908. The van der Waals surface area contributed by atoms with Crippen molar-refractivity contribution in [2.75, 3.05) is 39.5 Å². The van der Waals surface area contributed by atoms with Crippen LogP contribution in [0.25, 0.3) is 0 Å². The second-order valence-corrected chi connectivity index (χ2v) is 10.1. The summed E-state index contributed by atoms with van der Waals surface area (Å²) in [5, 5.41) is 0. The molecule has 8 nitrogen and oxygen atoms in total. The van der Waals surface area contributed by atoms with Gasteiger partial charge in [-0.2, -0.15) is 0 Å². The quantitative estimate of drug-likeness (QED) is 0.340. The maximum atomic E-state index is 13.0. The minimum atomic E-state index is -0.561. The molecule has 6 aliphatic rings. The molecule has 9 atom stereocenters. The number of carbonyl (C=O) groups excluding carboxylic acids is 3. The lowest BCUT2D eigenvalue weighted by Crippen LogP contribution is -3.14. The number of hydrogen-bond donors (Lipinski definition) is 1. The minimum Gasteiger partial charge on any atom is -0.459 e. The van der Waals surface area contributed by atoms with Crippen LogP contribution in [0.4, 0.5) is 0 Å². The molecule has 168 valence electrons. The second kappa shape index (κ2) is 7.59. The highest BCUT2D eigenvalue weighted by molar-refractivity contribution is 5.86. The summed E-state index contributed by atoms with van der Waals surface area (Å²) in [6.45, 7) is 4.36. The monoisotopic (exact) mass is 432 g/mol. The van der Waals surface area contributed by atoms with Gasteiger partial charge in [-0.05, 0) is 31.1 Å². The summed E-state index contributed by atoms with van der Waals surface area (Å²) in [6.07, 6.45) is 5.95. The van der Waals surface area contributed by atoms with Crippen LogP contribution in [0.5, 0.6) is 0 Å². The van der Waals surface area contributed by atoms with Gasteiger partial charge in [-0.25, -0.2) is 0 Å². The van der Waals surface area contributed by atoms with Gasteiger partial charge in [0.15, 0.2) is 0 Å². The van der Waals surface area contributed by atoms with E-state index in [1.54, 1.807) is 0 Å². The molecule has 4 aliphatic carbocycles. The standard InChI is InChI=1S/C23H29NO7/c25-21(14-10-12-1-2-13(14)9-12)30-19-15-11-16-18(23(27)31-20(16)19)17(15)22(26)29-8-5-24-3-6-28-7-4-24/h1-2,12-20H,3-11H2/p+1. The normalized spacial score (nSPS) is 44.6. The Morgan fingerprint density at radius 3 is 2.65 bits per heavy atom. The summed E-state index contributed by atoms with van der Waals surface area (Å²) >= 11 is 0. The van der Waals surface area contributed by atoms with E-state index in [1.807, 2.05) is 0 Å². The molecule has 4 bridgehead atoms. The van der Waals surface area contributed by atoms with Crippen molar-refractivity contribution >= 4 is 17.9 Å². The molecule has 0 aromatic rings. The molecule has 2 heterocycles. The minimum absolute atomic E-state index is 0.0438. The van der Waals surface area contributed by atoms with Crippen molar-refractivity contribution in [1.29, 1.82) is 0 Å². The lowest BCUT2D eigenvalue weighted by Gasteiger charge is -2.31. The molecule has 5 fully saturated rings. The molecular weight excluding hydrogens is 402 g/mol. The summed E-state index contributed by atoms with van der Waals surface area (Å²) in [5.74, 6) is -1.48. The Hall–Kier alpha value is -1.93. The Morgan fingerprint density at radius 2 is 1.90 bits per heavy atom. The lowest BCUT2D eigenvalue weighted by atomic mass is 9.78. The molecule has 8 heteroatoms. The molecule has 0 spiro atoms. The number of hydrogen-bond acceptors (Lipinski definition) is 7. The fourth-order valence-corrected chi connectivity index (χ4v) is 7.04. The first-order valence-electron chi connectivity index (χ1n) is 11.8. The van der Waals surface area contributed by atoms with Gasteiger partial charge in [0.2, 0.25) is 0 Å². The van der Waals surface area contributed by atoms with Crippen molar-refractivity contribution in [3.05, 3.63) is 12.2 Å². The van der Waals surface area contributed by atoms with Crippen LogP contribution >= 0.6 is 0 Å². The summed E-state index contributed by atoms with van der Waals surface area (Å²) < 4.78 is 22.5. The molecule has 1 N–H and O–H groups in total. The number of esters is 3. The largest absolute Gasteiger partial charge is 0.459 e. The molecule has 2 saturated heterocycles. The van der Waals surface area contributed by atoms with Crippen LogP contribution in [-0.4, -0.2) is 69.6 Å². The summed E-state index contributed by atoms with van der Waals surface area (Å²) in [4.78, 5) is 39.8. The average Bonchev–Trinajstić information content (AvgIpc) is 3.57. The predicted octanol–water partition coefficient (Wildman–Crippen LogP) is -0.624. The maximum absolute atomic E-state index is 13.0. The van der Waals surface area contributed by atoms with Gasteiger partial charge in [-0.1, -0.05) is 12.2 Å². The van der Waals surface area contributed by atoms with Crippen molar-refractivity contribution in [2.45, 2.75) is 31.5 Å². The van der Waals surface area contributed by atoms with Crippen LogP contribution in [0.15, 0.2) is 12.2 Å². The number of allylic oxidation sites excluding steroid dienone is 2. The Bertz CT molecular complexity index is 806. The van der Waals surface area contributed by atoms with Crippen LogP contribution in [-0.2, 0) is 33.3 Å². The average molecular weight is 432 g/mol. The first-order valence-corrected chi connectivity index (χ1v) is 11.8. The molecule has 9 unspecified atom stereocenters.